The molecule has 7 heteroatoms. The highest BCUT2D eigenvalue weighted by Gasteiger charge is 2.15. The van der Waals surface area contributed by atoms with Crippen molar-refractivity contribution in [3.63, 3.8) is 0 Å². The molecular formula is C12H18N2O4S. The first-order valence-electron chi connectivity index (χ1n) is 5.93. The van der Waals surface area contributed by atoms with Crippen molar-refractivity contribution in [2.24, 2.45) is 0 Å². The largest absolute Gasteiger partial charge is 0.466 e. The topological polar surface area (TPSA) is 84.5 Å². The average molecular weight is 286 g/mol. The standard InChI is InChI=1S/C12H18N2O4S/c1-3-18-12(15)8-9-14-10-6-4-5-7-11(10)19(16,17)13-2/h4-7,13-14H,3,8-9H2,1-2H3. The second kappa shape index (κ2) is 7.10. The van der Waals surface area contributed by atoms with Crippen LogP contribution in [0.25, 0.3) is 0 Å². The Bertz CT molecular complexity index is 528. The lowest BCUT2D eigenvalue weighted by atomic mass is 10.3. The van der Waals surface area contributed by atoms with E-state index in [4.69, 9.17) is 4.74 Å². The molecule has 0 aliphatic rings. The number of esters is 1. The molecule has 2 N–H and O–H groups in total. The highest BCUT2D eigenvalue weighted by Crippen LogP contribution is 2.20. The number of anilines is 1. The number of para-hydroxylation sites is 1. The van der Waals surface area contributed by atoms with Gasteiger partial charge >= 0.3 is 5.97 Å². The molecule has 0 aromatic heterocycles. The van der Waals surface area contributed by atoms with Crippen molar-refractivity contribution in [1.82, 2.24) is 4.72 Å². The molecule has 106 valence electrons. The Morgan fingerprint density at radius 2 is 2.00 bits per heavy atom. The van der Waals surface area contributed by atoms with Gasteiger partial charge in [-0.1, -0.05) is 12.1 Å². The van der Waals surface area contributed by atoms with Crippen molar-refractivity contribution in [3.8, 4) is 0 Å². The van der Waals surface area contributed by atoms with Gasteiger partial charge in [0, 0.05) is 6.54 Å². The van der Waals surface area contributed by atoms with Gasteiger partial charge in [-0.3, -0.25) is 4.79 Å². The third-order valence-corrected chi connectivity index (χ3v) is 3.87. The zero-order valence-corrected chi connectivity index (χ0v) is 11.8. The van der Waals surface area contributed by atoms with Gasteiger partial charge in [0.1, 0.15) is 4.90 Å². The van der Waals surface area contributed by atoms with E-state index < -0.39 is 10.0 Å². The second-order valence-electron chi connectivity index (χ2n) is 3.69. The van der Waals surface area contributed by atoms with Crippen LogP contribution in [-0.4, -0.2) is 34.6 Å². The summed E-state index contributed by atoms with van der Waals surface area (Å²) < 4.78 is 30.6. The zero-order valence-electron chi connectivity index (χ0n) is 11.0. The number of hydrogen-bond acceptors (Lipinski definition) is 5. The molecule has 0 bridgehead atoms. The molecule has 1 aromatic carbocycles. The van der Waals surface area contributed by atoms with Gasteiger partial charge in [0.05, 0.1) is 18.7 Å². The molecule has 0 aliphatic carbocycles. The van der Waals surface area contributed by atoms with Crippen LogP contribution >= 0.6 is 0 Å². The smallest absolute Gasteiger partial charge is 0.307 e. The Morgan fingerprint density at radius 3 is 2.63 bits per heavy atom. The molecule has 0 spiro atoms. The highest BCUT2D eigenvalue weighted by atomic mass is 32.2. The van der Waals surface area contributed by atoms with Gasteiger partial charge < -0.3 is 10.1 Å². The maximum Gasteiger partial charge on any atom is 0.307 e. The molecule has 1 aromatic rings. The highest BCUT2D eigenvalue weighted by molar-refractivity contribution is 7.89. The van der Waals surface area contributed by atoms with Gasteiger partial charge in [-0.25, -0.2) is 13.1 Å². The van der Waals surface area contributed by atoms with Gasteiger partial charge in [-0.05, 0) is 26.1 Å². The number of hydrogen-bond donors (Lipinski definition) is 2. The molecule has 0 fully saturated rings. The maximum absolute atomic E-state index is 11.8. The third-order valence-electron chi connectivity index (χ3n) is 2.40. The summed E-state index contributed by atoms with van der Waals surface area (Å²) in [6, 6.07) is 6.51. The normalized spacial score (nSPS) is 11.1. The van der Waals surface area contributed by atoms with Gasteiger partial charge in [-0.15, -0.1) is 0 Å². The second-order valence-corrected chi connectivity index (χ2v) is 5.54. The van der Waals surface area contributed by atoms with Crippen LogP contribution in [0.5, 0.6) is 0 Å². The van der Waals surface area contributed by atoms with Crippen LogP contribution < -0.4 is 10.0 Å². The van der Waals surface area contributed by atoms with E-state index in [1.165, 1.54) is 13.1 Å². The van der Waals surface area contributed by atoms with Crippen LogP contribution in [0.15, 0.2) is 29.2 Å². The molecule has 0 saturated heterocycles. The Labute approximate surface area is 113 Å². The van der Waals surface area contributed by atoms with Gasteiger partial charge in [-0.2, -0.15) is 0 Å². The quantitative estimate of drug-likeness (QED) is 0.729. The zero-order chi connectivity index (χ0) is 14.3. The molecule has 0 atom stereocenters. The first-order chi connectivity index (χ1) is 9.01. The van der Waals surface area contributed by atoms with Gasteiger partial charge in [0.15, 0.2) is 0 Å². The van der Waals surface area contributed by atoms with Gasteiger partial charge in [0.25, 0.3) is 0 Å². The summed E-state index contributed by atoms with van der Waals surface area (Å²) in [5.74, 6) is -0.316. The summed E-state index contributed by atoms with van der Waals surface area (Å²) in [6.45, 7) is 2.39. The summed E-state index contributed by atoms with van der Waals surface area (Å²) in [5, 5.41) is 2.92. The fraction of sp³-hybridized carbons (Fsp3) is 0.417. The number of ether oxygens (including phenoxy) is 1. The molecule has 0 aliphatic heterocycles. The van der Waals surface area contributed by atoms with Crippen molar-refractivity contribution in [2.75, 3.05) is 25.5 Å². The molecule has 0 unspecified atom stereocenters. The fourth-order valence-corrected chi connectivity index (χ4v) is 2.40. The van der Waals surface area contributed by atoms with Crippen LogP contribution in [-0.2, 0) is 19.6 Å². The number of benzene rings is 1. The van der Waals surface area contributed by atoms with E-state index in [1.54, 1.807) is 25.1 Å². The number of sulfonamides is 1. The van der Waals surface area contributed by atoms with Crippen LogP contribution in [0.1, 0.15) is 13.3 Å². The van der Waals surface area contributed by atoms with Crippen LogP contribution in [0.2, 0.25) is 0 Å². The fourth-order valence-electron chi connectivity index (χ4n) is 1.49. The van der Waals surface area contributed by atoms with Crippen LogP contribution in [0.3, 0.4) is 0 Å². The lowest BCUT2D eigenvalue weighted by molar-refractivity contribution is -0.142. The van der Waals surface area contributed by atoms with Crippen molar-refractivity contribution >= 4 is 21.7 Å². The molecule has 6 nitrogen and oxygen atoms in total. The SMILES string of the molecule is CCOC(=O)CCNc1ccccc1S(=O)(=O)NC. The molecule has 1 rings (SSSR count). The Hall–Kier alpha value is -1.60. The summed E-state index contributed by atoms with van der Waals surface area (Å²) in [7, 11) is -2.17. The molecule has 19 heavy (non-hydrogen) atoms. The lowest BCUT2D eigenvalue weighted by Gasteiger charge is -2.11. The molecular weight excluding hydrogens is 268 g/mol. The Balaban J connectivity index is 2.72. The maximum atomic E-state index is 11.8. The predicted molar refractivity (Wildman–Crippen MR) is 72.4 cm³/mol. The minimum absolute atomic E-state index is 0.154. The summed E-state index contributed by atoms with van der Waals surface area (Å²) in [5.41, 5.74) is 0.459. The van der Waals surface area contributed by atoms with E-state index in [0.717, 1.165) is 0 Å². The van der Waals surface area contributed by atoms with Crippen molar-refractivity contribution < 1.29 is 17.9 Å². The lowest BCUT2D eigenvalue weighted by Crippen LogP contribution is -2.20. The van der Waals surface area contributed by atoms with Crippen molar-refractivity contribution in [1.29, 1.82) is 0 Å². The van der Waals surface area contributed by atoms with Crippen molar-refractivity contribution in [3.05, 3.63) is 24.3 Å². The molecule has 0 heterocycles. The number of carbonyl (C=O) groups excluding carboxylic acids is 1. The van der Waals surface area contributed by atoms with Crippen LogP contribution in [0.4, 0.5) is 5.69 Å². The van der Waals surface area contributed by atoms with E-state index in [2.05, 4.69) is 10.0 Å². The molecule has 0 amide bonds. The number of carbonyl (C=O) groups is 1. The van der Waals surface area contributed by atoms with Crippen LogP contribution in [0, 0.1) is 0 Å². The van der Waals surface area contributed by atoms with E-state index in [1.807, 2.05) is 0 Å². The van der Waals surface area contributed by atoms with Crippen molar-refractivity contribution in [2.45, 2.75) is 18.2 Å². The molecule has 0 saturated carbocycles. The summed E-state index contributed by atoms with van der Waals surface area (Å²) in [4.78, 5) is 11.3. The predicted octanol–water partition coefficient (Wildman–Crippen LogP) is 0.960. The van der Waals surface area contributed by atoms with E-state index in [9.17, 15) is 13.2 Å². The van der Waals surface area contributed by atoms with E-state index in [-0.39, 0.29) is 17.3 Å². The minimum Gasteiger partial charge on any atom is -0.466 e. The van der Waals surface area contributed by atoms with E-state index >= 15 is 0 Å². The minimum atomic E-state index is -3.52. The number of nitrogens with one attached hydrogen (secondary N) is 2. The van der Waals surface area contributed by atoms with Gasteiger partial charge in [0.2, 0.25) is 10.0 Å². The number of rotatable bonds is 7. The third kappa shape index (κ3) is 4.53. The first-order valence-corrected chi connectivity index (χ1v) is 7.41. The Morgan fingerprint density at radius 1 is 1.32 bits per heavy atom. The monoisotopic (exact) mass is 286 g/mol. The summed E-state index contributed by atoms with van der Waals surface area (Å²) >= 11 is 0. The first kappa shape index (κ1) is 15.5. The summed E-state index contributed by atoms with van der Waals surface area (Å²) in [6.07, 6.45) is 0.182. The molecule has 0 radical (unpaired) electrons. The Kier molecular flexibility index (Phi) is 5.78. The average Bonchev–Trinajstić information content (AvgIpc) is 2.39. The van der Waals surface area contributed by atoms with E-state index in [0.29, 0.717) is 18.8 Å².